The summed E-state index contributed by atoms with van der Waals surface area (Å²) in [6.07, 6.45) is 6.84. The van der Waals surface area contributed by atoms with E-state index in [1.807, 2.05) is 11.9 Å². The Labute approximate surface area is 104 Å². The quantitative estimate of drug-likeness (QED) is 0.778. The van der Waals surface area contributed by atoms with Gasteiger partial charge in [0.2, 0.25) is 0 Å². The largest absolute Gasteiger partial charge is 0.340 e. The number of nitrogens with zero attached hydrogens (tertiary/aromatic N) is 3. The van der Waals surface area contributed by atoms with E-state index in [1.54, 1.807) is 17.1 Å². The number of hydrogen-bond acceptors (Lipinski definition) is 2. The van der Waals surface area contributed by atoms with Crippen LogP contribution in [0.25, 0.3) is 0 Å². The summed E-state index contributed by atoms with van der Waals surface area (Å²) in [5, 5.41) is 0.853. The predicted molar refractivity (Wildman–Crippen MR) is 65.7 cm³/mol. The van der Waals surface area contributed by atoms with E-state index in [4.69, 9.17) is 0 Å². The highest BCUT2D eigenvalue weighted by Gasteiger charge is 2.27. The minimum atomic E-state index is 0.0600. The summed E-state index contributed by atoms with van der Waals surface area (Å²) in [4.78, 5) is 18.3. The zero-order valence-corrected chi connectivity index (χ0v) is 11.0. The fourth-order valence-corrected chi connectivity index (χ4v) is 2.77. The first-order valence-electron chi connectivity index (χ1n) is 5.57. The highest BCUT2D eigenvalue weighted by molar-refractivity contribution is 9.09. The third kappa shape index (κ3) is 2.29. The zero-order valence-electron chi connectivity index (χ0n) is 9.40. The molecule has 0 radical (unpaired) electrons. The standard InChI is InChI=1S/C11H16BrN3O/c1-14-7-10(13-8-14)11(16)15-5-3-2-4-9(15)6-12/h7-9H,2-6H2,1H3. The molecule has 16 heavy (non-hydrogen) atoms. The summed E-state index contributed by atoms with van der Waals surface area (Å²) in [5.74, 6) is 0.0600. The van der Waals surface area contributed by atoms with Gasteiger partial charge in [0.05, 0.1) is 6.33 Å². The molecule has 2 rings (SSSR count). The van der Waals surface area contributed by atoms with Gasteiger partial charge in [-0.05, 0) is 19.3 Å². The van der Waals surface area contributed by atoms with Crippen molar-refractivity contribution < 1.29 is 4.79 Å². The van der Waals surface area contributed by atoms with Crippen molar-refractivity contribution in [3.63, 3.8) is 0 Å². The van der Waals surface area contributed by atoms with Crippen molar-refractivity contribution in [2.45, 2.75) is 25.3 Å². The molecule has 0 aliphatic carbocycles. The zero-order chi connectivity index (χ0) is 11.5. The van der Waals surface area contributed by atoms with Gasteiger partial charge in [-0.2, -0.15) is 0 Å². The minimum absolute atomic E-state index is 0.0600. The lowest BCUT2D eigenvalue weighted by Crippen LogP contribution is -2.44. The molecule has 0 aromatic carbocycles. The van der Waals surface area contributed by atoms with Gasteiger partial charge in [-0.1, -0.05) is 15.9 Å². The Morgan fingerprint density at radius 2 is 2.44 bits per heavy atom. The minimum Gasteiger partial charge on any atom is -0.340 e. The number of piperidine rings is 1. The summed E-state index contributed by atoms with van der Waals surface area (Å²) in [6.45, 7) is 0.853. The van der Waals surface area contributed by atoms with Gasteiger partial charge in [0.15, 0.2) is 0 Å². The SMILES string of the molecule is Cn1cnc(C(=O)N2CCCCC2CBr)c1. The van der Waals surface area contributed by atoms with Gasteiger partial charge in [0.1, 0.15) is 5.69 Å². The number of likely N-dealkylation sites (tertiary alicyclic amines) is 1. The third-order valence-electron chi connectivity index (χ3n) is 2.99. The first kappa shape index (κ1) is 11.6. The lowest BCUT2D eigenvalue weighted by Gasteiger charge is -2.34. The maximum absolute atomic E-state index is 12.2. The molecule has 88 valence electrons. The van der Waals surface area contributed by atoms with Crippen LogP contribution in [0.4, 0.5) is 0 Å². The normalized spacial score (nSPS) is 21.1. The molecule has 1 aliphatic rings. The molecule has 0 bridgehead atoms. The van der Waals surface area contributed by atoms with E-state index in [9.17, 15) is 4.79 Å². The second-order valence-electron chi connectivity index (χ2n) is 4.23. The highest BCUT2D eigenvalue weighted by atomic mass is 79.9. The Kier molecular flexibility index (Phi) is 3.63. The first-order valence-corrected chi connectivity index (χ1v) is 6.69. The molecule has 1 aromatic heterocycles. The van der Waals surface area contributed by atoms with Crippen LogP contribution in [0.15, 0.2) is 12.5 Å². The number of aromatic nitrogens is 2. The van der Waals surface area contributed by atoms with Gasteiger partial charge in [-0.25, -0.2) is 4.98 Å². The predicted octanol–water partition coefficient (Wildman–Crippen LogP) is 1.81. The van der Waals surface area contributed by atoms with Crippen LogP contribution in [-0.4, -0.2) is 38.3 Å². The molecule has 1 aliphatic heterocycles. The fourth-order valence-electron chi connectivity index (χ4n) is 2.10. The maximum Gasteiger partial charge on any atom is 0.274 e. The Balaban J connectivity index is 2.13. The van der Waals surface area contributed by atoms with Gasteiger partial charge in [0.25, 0.3) is 5.91 Å². The number of amides is 1. The summed E-state index contributed by atoms with van der Waals surface area (Å²) < 4.78 is 1.81. The molecule has 1 fully saturated rings. The lowest BCUT2D eigenvalue weighted by molar-refractivity contribution is 0.0636. The van der Waals surface area contributed by atoms with Crippen molar-refractivity contribution in [3.8, 4) is 0 Å². The molecule has 2 heterocycles. The van der Waals surface area contributed by atoms with E-state index < -0.39 is 0 Å². The maximum atomic E-state index is 12.2. The van der Waals surface area contributed by atoms with Gasteiger partial charge >= 0.3 is 0 Å². The van der Waals surface area contributed by atoms with E-state index in [2.05, 4.69) is 20.9 Å². The van der Waals surface area contributed by atoms with Crippen LogP contribution in [0.3, 0.4) is 0 Å². The Morgan fingerprint density at radius 1 is 1.62 bits per heavy atom. The number of imidazole rings is 1. The van der Waals surface area contributed by atoms with Crippen LogP contribution in [0, 0.1) is 0 Å². The number of carbonyl (C=O) groups is 1. The number of halogens is 1. The number of aryl methyl sites for hydroxylation is 1. The van der Waals surface area contributed by atoms with Crippen molar-refractivity contribution >= 4 is 21.8 Å². The van der Waals surface area contributed by atoms with Crippen LogP contribution >= 0.6 is 15.9 Å². The molecule has 0 spiro atoms. The summed E-state index contributed by atoms with van der Waals surface area (Å²) >= 11 is 3.48. The number of rotatable bonds is 2. The molecule has 4 nitrogen and oxygen atoms in total. The topological polar surface area (TPSA) is 38.1 Å². The lowest BCUT2D eigenvalue weighted by atomic mass is 10.0. The molecular formula is C11H16BrN3O. The molecule has 5 heteroatoms. The molecule has 0 saturated carbocycles. The second-order valence-corrected chi connectivity index (χ2v) is 4.87. The van der Waals surface area contributed by atoms with Crippen molar-refractivity contribution in [3.05, 3.63) is 18.2 Å². The molecule has 1 amide bonds. The van der Waals surface area contributed by atoms with Gasteiger partial charge in [0, 0.05) is 31.2 Å². The van der Waals surface area contributed by atoms with Crippen LogP contribution in [0.2, 0.25) is 0 Å². The molecular weight excluding hydrogens is 270 g/mol. The Morgan fingerprint density at radius 3 is 3.06 bits per heavy atom. The molecule has 1 aromatic rings. The van der Waals surface area contributed by atoms with Crippen molar-refractivity contribution in [2.75, 3.05) is 11.9 Å². The monoisotopic (exact) mass is 285 g/mol. The molecule has 1 atom stereocenters. The summed E-state index contributed by atoms with van der Waals surface area (Å²) in [5.41, 5.74) is 0.551. The van der Waals surface area contributed by atoms with Gasteiger partial charge in [-0.15, -0.1) is 0 Å². The fraction of sp³-hybridized carbons (Fsp3) is 0.636. The average Bonchev–Trinajstić information content (AvgIpc) is 2.75. The summed E-state index contributed by atoms with van der Waals surface area (Å²) in [6, 6.07) is 0.322. The summed E-state index contributed by atoms with van der Waals surface area (Å²) in [7, 11) is 1.88. The van der Waals surface area contributed by atoms with Crippen molar-refractivity contribution in [1.82, 2.24) is 14.5 Å². The average molecular weight is 286 g/mol. The number of alkyl halides is 1. The van der Waals surface area contributed by atoms with Crippen molar-refractivity contribution in [2.24, 2.45) is 7.05 Å². The van der Waals surface area contributed by atoms with E-state index in [0.717, 1.165) is 24.7 Å². The van der Waals surface area contributed by atoms with Crippen LogP contribution in [0.5, 0.6) is 0 Å². The molecule has 0 N–H and O–H groups in total. The number of hydrogen-bond donors (Lipinski definition) is 0. The van der Waals surface area contributed by atoms with E-state index in [0.29, 0.717) is 11.7 Å². The number of carbonyl (C=O) groups excluding carboxylic acids is 1. The first-order chi connectivity index (χ1) is 7.72. The van der Waals surface area contributed by atoms with Gasteiger partial charge < -0.3 is 9.47 Å². The Hall–Kier alpha value is -0.840. The Bertz CT molecular complexity index is 377. The van der Waals surface area contributed by atoms with E-state index in [1.165, 1.54) is 6.42 Å². The van der Waals surface area contributed by atoms with Crippen LogP contribution < -0.4 is 0 Å². The molecule has 1 unspecified atom stereocenters. The van der Waals surface area contributed by atoms with Crippen molar-refractivity contribution in [1.29, 1.82) is 0 Å². The van der Waals surface area contributed by atoms with Gasteiger partial charge in [-0.3, -0.25) is 4.79 Å². The van der Waals surface area contributed by atoms with Crippen LogP contribution in [-0.2, 0) is 7.05 Å². The second kappa shape index (κ2) is 4.99. The van der Waals surface area contributed by atoms with Crippen LogP contribution in [0.1, 0.15) is 29.8 Å². The van der Waals surface area contributed by atoms with E-state index >= 15 is 0 Å². The molecule has 1 saturated heterocycles. The highest BCUT2D eigenvalue weighted by Crippen LogP contribution is 2.20. The van der Waals surface area contributed by atoms with E-state index in [-0.39, 0.29) is 5.91 Å². The smallest absolute Gasteiger partial charge is 0.274 e. The third-order valence-corrected chi connectivity index (χ3v) is 3.74.